The van der Waals surface area contributed by atoms with E-state index >= 15 is 0 Å². The van der Waals surface area contributed by atoms with Crippen molar-refractivity contribution in [1.29, 1.82) is 0 Å². The monoisotopic (exact) mass is 128 g/mol. The minimum Gasteiger partial charge on any atom is -0.377 e. The van der Waals surface area contributed by atoms with Gasteiger partial charge in [-0.1, -0.05) is 0 Å². The molecule has 0 saturated carbocycles. The zero-order valence-electron chi connectivity index (χ0n) is 5.17. The van der Waals surface area contributed by atoms with Crippen molar-refractivity contribution in [3.05, 3.63) is 6.42 Å². The van der Waals surface area contributed by atoms with Gasteiger partial charge >= 0.3 is 0 Å². The molecular formula is C6H10NO2. The highest BCUT2D eigenvalue weighted by Gasteiger charge is 2.17. The van der Waals surface area contributed by atoms with E-state index < -0.39 is 0 Å². The number of primary amides is 1. The first kappa shape index (κ1) is 6.55. The molecule has 1 heterocycles. The molecule has 1 amide bonds. The molecule has 0 unspecified atom stereocenters. The van der Waals surface area contributed by atoms with Crippen LogP contribution in [0.5, 0.6) is 0 Å². The molecule has 1 aliphatic rings. The van der Waals surface area contributed by atoms with Crippen LogP contribution in [0.25, 0.3) is 0 Å². The van der Waals surface area contributed by atoms with Gasteiger partial charge in [-0.2, -0.15) is 0 Å². The van der Waals surface area contributed by atoms with Crippen molar-refractivity contribution in [1.82, 2.24) is 0 Å². The van der Waals surface area contributed by atoms with E-state index in [0.717, 1.165) is 19.4 Å². The number of rotatable bonds is 2. The molecule has 51 valence electrons. The van der Waals surface area contributed by atoms with Gasteiger partial charge < -0.3 is 10.5 Å². The fourth-order valence-corrected chi connectivity index (χ4v) is 0.917. The molecule has 1 radical (unpaired) electrons. The second kappa shape index (κ2) is 2.82. The number of hydrogen-bond donors (Lipinski definition) is 1. The Morgan fingerprint density at radius 3 is 3.00 bits per heavy atom. The first-order valence-electron chi connectivity index (χ1n) is 3.05. The zero-order valence-corrected chi connectivity index (χ0v) is 5.17. The van der Waals surface area contributed by atoms with Crippen LogP contribution in [0.1, 0.15) is 12.8 Å². The molecule has 1 saturated heterocycles. The molecule has 0 bridgehead atoms. The maximum Gasteiger partial charge on any atom is 0.224 e. The molecule has 0 aliphatic carbocycles. The van der Waals surface area contributed by atoms with Crippen LogP contribution in [-0.2, 0) is 9.53 Å². The van der Waals surface area contributed by atoms with E-state index in [1.54, 1.807) is 0 Å². The van der Waals surface area contributed by atoms with Crippen LogP contribution in [0.4, 0.5) is 0 Å². The molecule has 0 aromatic rings. The van der Waals surface area contributed by atoms with Crippen molar-refractivity contribution in [2.45, 2.75) is 18.9 Å². The normalized spacial score (nSPS) is 26.4. The number of nitrogens with two attached hydrogens (primary N) is 1. The van der Waals surface area contributed by atoms with Gasteiger partial charge in [0.05, 0.1) is 12.5 Å². The lowest BCUT2D eigenvalue weighted by molar-refractivity contribution is -0.116. The molecule has 3 heteroatoms. The Balaban J connectivity index is 2.19. The van der Waals surface area contributed by atoms with E-state index in [1.807, 2.05) is 0 Å². The molecule has 1 rings (SSSR count). The van der Waals surface area contributed by atoms with Crippen molar-refractivity contribution >= 4 is 5.91 Å². The number of amides is 1. The summed E-state index contributed by atoms with van der Waals surface area (Å²) in [5, 5.41) is 0. The zero-order chi connectivity index (χ0) is 6.69. The van der Waals surface area contributed by atoms with E-state index in [2.05, 4.69) is 0 Å². The fourth-order valence-electron chi connectivity index (χ4n) is 0.917. The molecule has 1 atom stereocenters. The average Bonchev–Trinajstić information content (AvgIpc) is 2.15. The maximum absolute atomic E-state index is 10.2. The van der Waals surface area contributed by atoms with Crippen LogP contribution in [0.15, 0.2) is 0 Å². The molecule has 3 nitrogen and oxygen atoms in total. The highest BCUT2D eigenvalue weighted by molar-refractivity contribution is 5.83. The standard InChI is InChI=1S/C6H10NO2/c7-6(8)4-5-2-1-3-9-5/h4-5H,1-3H2,(H2,7,8)/t5-/m0/s1. The Morgan fingerprint density at radius 1 is 1.78 bits per heavy atom. The van der Waals surface area contributed by atoms with Crippen molar-refractivity contribution in [2.24, 2.45) is 5.73 Å². The summed E-state index contributed by atoms with van der Waals surface area (Å²) < 4.78 is 5.11. The van der Waals surface area contributed by atoms with Crippen molar-refractivity contribution in [3.8, 4) is 0 Å². The number of ether oxygens (including phenoxy) is 1. The first-order chi connectivity index (χ1) is 4.29. The lowest BCUT2D eigenvalue weighted by atomic mass is 10.2. The van der Waals surface area contributed by atoms with Gasteiger partial charge in [-0.3, -0.25) is 4.79 Å². The lowest BCUT2D eigenvalue weighted by Crippen LogP contribution is -2.20. The van der Waals surface area contributed by atoms with Gasteiger partial charge in [-0.05, 0) is 12.8 Å². The van der Waals surface area contributed by atoms with Crippen molar-refractivity contribution in [3.63, 3.8) is 0 Å². The summed E-state index contributed by atoms with van der Waals surface area (Å²) in [7, 11) is 0. The third kappa shape index (κ3) is 2.01. The van der Waals surface area contributed by atoms with Gasteiger partial charge in [0.2, 0.25) is 5.91 Å². The van der Waals surface area contributed by atoms with Gasteiger partial charge in [0.15, 0.2) is 0 Å². The first-order valence-corrected chi connectivity index (χ1v) is 3.05. The van der Waals surface area contributed by atoms with Crippen LogP contribution in [-0.4, -0.2) is 18.6 Å². The van der Waals surface area contributed by atoms with Crippen molar-refractivity contribution in [2.75, 3.05) is 6.61 Å². The highest BCUT2D eigenvalue weighted by atomic mass is 16.5. The summed E-state index contributed by atoms with van der Waals surface area (Å²) in [6.07, 6.45) is 3.38. The van der Waals surface area contributed by atoms with E-state index in [9.17, 15) is 4.79 Å². The van der Waals surface area contributed by atoms with E-state index in [4.69, 9.17) is 10.5 Å². The van der Waals surface area contributed by atoms with Gasteiger partial charge in [-0.15, -0.1) is 0 Å². The smallest absolute Gasteiger partial charge is 0.224 e. The van der Waals surface area contributed by atoms with Crippen LogP contribution in [0.2, 0.25) is 0 Å². The molecule has 0 aromatic carbocycles. The Hall–Kier alpha value is -0.570. The summed E-state index contributed by atoms with van der Waals surface area (Å²) >= 11 is 0. The summed E-state index contributed by atoms with van der Waals surface area (Å²) in [4.78, 5) is 10.2. The predicted molar refractivity (Wildman–Crippen MR) is 32.5 cm³/mol. The van der Waals surface area contributed by atoms with Gasteiger partial charge in [0, 0.05) is 6.61 Å². The SMILES string of the molecule is NC(=O)[CH][C@@H]1CCCO1. The summed E-state index contributed by atoms with van der Waals surface area (Å²) in [6, 6.07) is 0. The lowest BCUT2D eigenvalue weighted by Gasteiger charge is -2.02. The molecule has 0 aromatic heterocycles. The fraction of sp³-hybridized carbons (Fsp3) is 0.667. The third-order valence-electron chi connectivity index (χ3n) is 1.32. The Bertz CT molecular complexity index is 108. The average molecular weight is 128 g/mol. The molecule has 2 N–H and O–H groups in total. The van der Waals surface area contributed by atoms with Crippen LogP contribution in [0, 0.1) is 6.42 Å². The Kier molecular flexibility index (Phi) is 2.05. The second-order valence-electron chi connectivity index (χ2n) is 2.12. The highest BCUT2D eigenvalue weighted by Crippen LogP contribution is 2.13. The molecule has 9 heavy (non-hydrogen) atoms. The Labute approximate surface area is 54.2 Å². The molecular weight excluding hydrogens is 118 g/mol. The van der Waals surface area contributed by atoms with Gasteiger partial charge in [-0.25, -0.2) is 0 Å². The summed E-state index contributed by atoms with van der Waals surface area (Å²) in [5.41, 5.74) is 4.90. The summed E-state index contributed by atoms with van der Waals surface area (Å²) in [5.74, 6) is -0.387. The number of hydrogen-bond acceptors (Lipinski definition) is 2. The number of carbonyl (C=O) groups excluding carboxylic acids is 1. The largest absolute Gasteiger partial charge is 0.377 e. The van der Waals surface area contributed by atoms with Gasteiger partial charge in [0.1, 0.15) is 0 Å². The third-order valence-corrected chi connectivity index (χ3v) is 1.32. The second-order valence-corrected chi connectivity index (χ2v) is 2.12. The van der Waals surface area contributed by atoms with E-state index in [-0.39, 0.29) is 12.0 Å². The Morgan fingerprint density at radius 2 is 2.56 bits per heavy atom. The maximum atomic E-state index is 10.2. The van der Waals surface area contributed by atoms with E-state index in [1.165, 1.54) is 6.42 Å². The van der Waals surface area contributed by atoms with Crippen LogP contribution in [0.3, 0.4) is 0 Å². The minimum absolute atomic E-state index is 0.0116. The minimum atomic E-state index is -0.387. The summed E-state index contributed by atoms with van der Waals surface area (Å²) in [6.45, 7) is 0.758. The molecule has 0 spiro atoms. The van der Waals surface area contributed by atoms with Crippen LogP contribution >= 0.6 is 0 Å². The quantitative estimate of drug-likeness (QED) is 0.562. The predicted octanol–water partition coefficient (Wildman–Crippen LogP) is -0.145. The van der Waals surface area contributed by atoms with Gasteiger partial charge in [0.25, 0.3) is 0 Å². The number of carbonyl (C=O) groups is 1. The van der Waals surface area contributed by atoms with Crippen LogP contribution < -0.4 is 5.73 Å². The topological polar surface area (TPSA) is 52.3 Å². The molecule has 1 aliphatic heterocycles. The van der Waals surface area contributed by atoms with E-state index in [0.29, 0.717) is 0 Å². The molecule has 1 fully saturated rings. The van der Waals surface area contributed by atoms with Crippen molar-refractivity contribution < 1.29 is 9.53 Å².